The normalized spacial score (nSPS) is 15.1. The smallest absolute Gasteiger partial charge is 0.224 e. The van der Waals surface area contributed by atoms with Crippen molar-refractivity contribution < 1.29 is 4.74 Å². The van der Waals surface area contributed by atoms with Gasteiger partial charge < -0.3 is 15.4 Å². The third-order valence-electron chi connectivity index (χ3n) is 4.10. The van der Waals surface area contributed by atoms with Crippen LogP contribution in [0.25, 0.3) is 0 Å². The first-order valence-electron chi connectivity index (χ1n) is 8.65. The number of nitrogens with one attached hydrogen (secondary N) is 2. The van der Waals surface area contributed by atoms with E-state index in [9.17, 15) is 0 Å². The number of nitrogens with zero attached hydrogens (tertiary/aromatic N) is 3. The van der Waals surface area contributed by atoms with E-state index in [4.69, 9.17) is 16.3 Å². The van der Waals surface area contributed by atoms with Crippen LogP contribution in [-0.2, 0) is 11.2 Å². The first-order valence-corrected chi connectivity index (χ1v) is 9.03. The Kier molecular flexibility index (Phi) is 6.85. The standard InChI is InChI=1S/C18H24ClN5O/c19-16-3-1-15(2-4-16)5-7-20-17-6-8-21-18(23-17)22-9-10-24-11-13-25-14-12-24/h1-4,6,8H,5,7,9-14H2,(H2,20,21,22,23). The van der Waals surface area contributed by atoms with Crippen molar-refractivity contribution >= 4 is 23.4 Å². The van der Waals surface area contributed by atoms with Gasteiger partial charge in [-0.1, -0.05) is 23.7 Å². The Balaban J connectivity index is 1.40. The molecule has 1 aromatic heterocycles. The Hall–Kier alpha value is -1.89. The number of hydrogen-bond acceptors (Lipinski definition) is 6. The van der Waals surface area contributed by atoms with Crippen LogP contribution in [0.2, 0.25) is 5.02 Å². The third-order valence-corrected chi connectivity index (χ3v) is 4.36. The fourth-order valence-corrected chi connectivity index (χ4v) is 2.80. The van der Waals surface area contributed by atoms with Crippen molar-refractivity contribution in [3.63, 3.8) is 0 Å². The van der Waals surface area contributed by atoms with Gasteiger partial charge >= 0.3 is 0 Å². The molecule has 1 aromatic carbocycles. The summed E-state index contributed by atoms with van der Waals surface area (Å²) in [4.78, 5) is 11.2. The summed E-state index contributed by atoms with van der Waals surface area (Å²) in [5.74, 6) is 1.49. The van der Waals surface area contributed by atoms with Gasteiger partial charge in [-0.05, 0) is 30.2 Å². The zero-order valence-electron chi connectivity index (χ0n) is 14.2. The third kappa shape index (κ3) is 6.16. The highest BCUT2D eigenvalue weighted by Gasteiger charge is 2.09. The lowest BCUT2D eigenvalue weighted by molar-refractivity contribution is 0.0398. The Bertz CT molecular complexity index is 646. The van der Waals surface area contributed by atoms with Crippen LogP contribution in [0.5, 0.6) is 0 Å². The van der Waals surface area contributed by atoms with Gasteiger partial charge in [-0.25, -0.2) is 4.98 Å². The van der Waals surface area contributed by atoms with Crippen molar-refractivity contribution in [2.24, 2.45) is 0 Å². The Morgan fingerprint density at radius 3 is 2.64 bits per heavy atom. The average Bonchev–Trinajstić information content (AvgIpc) is 2.65. The second kappa shape index (κ2) is 9.56. The van der Waals surface area contributed by atoms with Gasteiger partial charge in [0.05, 0.1) is 13.2 Å². The molecule has 1 fully saturated rings. The topological polar surface area (TPSA) is 62.3 Å². The fraction of sp³-hybridized carbons (Fsp3) is 0.444. The Morgan fingerprint density at radius 1 is 1.04 bits per heavy atom. The van der Waals surface area contributed by atoms with Crippen molar-refractivity contribution in [1.82, 2.24) is 14.9 Å². The van der Waals surface area contributed by atoms with Crippen molar-refractivity contribution in [1.29, 1.82) is 0 Å². The quantitative estimate of drug-likeness (QED) is 0.753. The van der Waals surface area contributed by atoms with Crippen LogP contribution in [0.15, 0.2) is 36.5 Å². The van der Waals surface area contributed by atoms with E-state index in [0.717, 1.165) is 63.2 Å². The van der Waals surface area contributed by atoms with Gasteiger partial charge in [0.25, 0.3) is 0 Å². The summed E-state index contributed by atoms with van der Waals surface area (Å²) in [6, 6.07) is 9.80. The molecule has 25 heavy (non-hydrogen) atoms. The van der Waals surface area contributed by atoms with Crippen LogP contribution in [0.1, 0.15) is 5.56 Å². The van der Waals surface area contributed by atoms with E-state index in [1.54, 1.807) is 6.20 Å². The molecule has 0 spiro atoms. The molecule has 134 valence electrons. The van der Waals surface area contributed by atoms with Crippen LogP contribution in [0.4, 0.5) is 11.8 Å². The SMILES string of the molecule is Clc1ccc(CCNc2ccnc(NCCN3CCOCC3)n2)cc1. The van der Waals surface area contributed by atoms with Crippen LogP contribution in [0.3, 0.4) is 0 Å². The minimum atomic E-state index is 0.657. The predicted octanol–water partition coefficient (Wildman–Crippen LogP) is 2.53. The first-order chi connectivity index (χ1) is 12.3. The van der Waals surface area contributed by atoms with Crippen LogP contribution >= 0.6 is 11.6 Å². The molecule has 0 atom stereocenters. The molecule has 0 aliphatic carbocycles. The lowest BCUT2D eigenvalue weighted by Gasteiger charge is -2.26. The van der Waals surface area contributed by atoms with Gasteiger partial charge in [0.2, 0.25) is 5.95 Å². The number of rotatable bonds is 8. The van der Waals surface area contributed by atoms with E-state index in [0.29, 0.717) is 5.95 Å². The van der Waals surface area contributed by atoms with Gasteiger partial charge in [0, 0.05) is 43.9 Å². The Labute approximate surface area is 153 Å². The van der Waals surface area contributed by atoms with Crippen molar-refractivity contribution in [2.45, 2.75) is 6.42 Å². The van der Waals surface area contributed by atoms with Gasteiger partial charge in [0.15, 0.2) is 0 Å². The molecule has 2 N–H and O–H groups in total. The molecule has 0 bridgehead atoms. The van der Waals surface area contributed by atoms with E-state index in [2.05, 4.69) is 25.5 Å². The highest BCUT2D eigenvalue weighted by atomic mass is 35.5. The molecule has 1 aliphatic rings. The number of anilines is 2. The van der Waals surface area contributed by atoms with Crippen LogP contribution < -0.4 is 10.6 Å². The van der Waals surface area contributed by atoms with E-state index in [1.165, 1.54) is 5.56 Å². The van der Waals surface area contributed by atoms with Gasteiger partial charge in [-0.15, -0.1) is 0 Å². The maximum absolute atomic E-state index is 5.90. The molecule has 0 radical (unpaired) electrons. The molecule has 2 aromatic rings. The molecule has 3 rings (SSSR count). The average molecular weight is 362 g/mol. The summed E-state index contributed by atoms with van der Waals surface area (Å²) in [5, 5.41) is 7.39. The van der Waals surface area contributed by atoms with E-state index in [-0.39, 0.29) is 0 Å². The van der Waals surface area contributed by atoms with Crippen LogP contribution in [0, 0.1) is 0 Å². The maximum Gasteiger partial charge on any atom is 0.224 e. The number of ether oxygens (including phenoxy) is 1. The van der Waals surface area contributed by atoms with Gasteiger partial charge in [-0.3, -0.25) is 4.90 Å². The molecule has 0 amide bonds. The molecule has 2 heterocycles. The zero-order chi connectivity index (χ0) is 17.3. The maximum atomic E-state index is 5.90. The van der Waals surface area contributed by atoms with Crippen molar-refractivity contribution in [3.8, 4) is 0 Å². The van der Waals surface area contributed by atoms with E-state index < -0.39 is 0 Å². The number of morpholine rings is 1. The zero-order valence-corrected chi connectivity index (χ0v) is 15.0. The second-order valence-corrected chi connectivity index (χ2v) is 6.39. The summed E-state index contributed by atoms with van der Waals surface area (Å²) >= 11 is 5.90. The monoisotopic (exact) mass is 361 g/mol. The van der Waals surface area contributed by atoms with Crippen molar-refractivity contribution in [3.05, 3.63) is 47.1 Å². The molecule has 7 heteroatoms. The number of hydrogen-bond donors (Lipinski definition) is 2. The molecule has 1 aliphatic heterocycles. The van der Waals surface area contributed by atoms with E-state index in [1.807, 2.05) is 30.3 Å². The first kappa shape index (κ1) is 17.9. The molecule has 0 unspecified atom stereocenters. The molecular formula is C18H24ClN5O. The van der Waals surface area contributed by atoms with Crippen molar-refractivity contribution in [2.75, 3.05) is 56.6 Å². The summed E-state index contributed by atoms with van der Waals surface area (Å²) < 4.78 is 5.35. The summed E-state index contributed by atoms with van der Waals surface area (Å²) in [6.07, 6.45) is 2.69. The minimum Gasteiger partial charge on any atom is -0.379 e. The molecular weight excluding hydrogens is 338 g/mol. The minimum absolute atomic E-state index is 0.657. The largest absolute Gasteiger partial charge is 0.379 e. The lowest BCUT2D eigenvalue weighted by Crippen LogP contribution is -2.39. The molecule has 1 saturated heterocycles. The Morgan fingerprint density at radius 2 is 1.84 bits per heavy atom. The second-order valence-electron chi connectivity index (χ2n) is 5.95. The highest BCUT2D eigenvalue weighted by molar-refractivity contribution is 6.30. The predicted molar refractivity (Wildman–Crippen MR) is 101 cm³/mol. The summed E-state index contributed by atoms with van der Waals surface area (Å²) in [5.41, 5.74) is 1.25. The summed E-state index contributed by atoms with van der Waals surface area (Å²) in [6.45, 7) is 6.25. The molecule has 0 saturated carbocycles. The highest BCUT2D eigenvalue weighted by Crippen LogP contribution is 2.11. The number of halogens is 1. The number of aromatic nitrogens is 2. The number of benzene rings is 1. The molecule has 6 nitrogen and oxygen atoms in total. The van der Waals surface area contributed by atoms with Gasteiger partial charge in [-0.2, -0.15) is 4.98 Å². The lowest BCUT2D eigenvalue weighted by atomic mass is 10.1. The van der Waals surface area contributed by atoms with Gasteiger partial charge in [0.1, 0.15) is 5.82 Å². The van der Waals surface area contributed by atoms with Crippen LogP contribution in [-0.4, -0.2) is 60.8 Å². The van der Waals surface area contributed by atoms with E-state index >= 15 is 0 Å². The summed E-state index contributed by atoms with van der Waals surface area (Å²) in [7, 11) is 0. The fourth-order valence-electron chi connectivity index (χ4n) is 2.68.